The van der Waals surface area contributed by atoms with E-state index in [0.29, 0.717) is 18.0 Å². The van der Waals surface area contributed by atoms with E-state index < -0.39 is 4.92 Å². The van der Waals surface area contributed by atoms with Gasteiger partial charge in [-0.25, -0.2) is 0 Å². The molecule has 3 rings (SSSR count). The van der Waals surface area contributed by atoms with E-state index in [4.69, 9.17) is 9.15 Å². The Morgan fingerprint density at radius 3 is 2.69 bits per heavy atom. The summed E-state index contributed by atoms with van der Waals surface area (Å²) in [5, 5.41) is 23.1. The van der Waals surface area contributed by atoms with Crippen molar-refractivity contribution in [2.24, 2.45) is 0 Å². The van der Waals surface area contributed by atoms with Crippen LogP contribution in [-0.2, 0) is 4.74 Å². The first-order valence-electron chi connectivity index (χ1n) is 8.37. The molecule has 2 heterocycles. The molecule has 0 saturated carbocycles. The van der Waals surface area contributed by atoms with Crippen LogP contribution in [0.25, 0.3) is 11.5 Å². The lowest BCUT2D eigenvalue weighted by Gasteiger charge is -2.26. The van der Waals surface area contributed by atoms with E-state index in [1.807, 2.05) is 6.07 Å². The zero-order valence-corrected chi connectivity index (χ0v) is 14.2. The summed E-state index contributed by atoms with van der Waals surface area (Å²) >= 11 is 0. The molecule has 9 nitrogen and oxygen atoms in total. The SMILES string of the molecule is N#Cc1nc(-c2ccc([N+](=O)[O-])cc2)oc1NCCCN1CCOCC1. The van der Waals surface area contributed by atoms with Crippen LogP contribution < -0.4 is 5.32 Å². The molecule has 0 bridgehead atoms. The number of rotatable bonds is 7. The van der Waals surface area contributed by atoms with Crippen LogP contribution in [0.1, 0.15) is 12.1 Å². The minimum Gasteiger partial charge on any atom is -0.419 e. The van der Waals surface area contributed by atoms with Crippen LogP contribution in [0, 0.1) is 21.4 Å². The molecule has 136 valence electrons. The molecule has 1 aromatic heterocycles. The highest BCUT2D eigenvalue weighted by atomic mass is 16.6. The number of hydrogen-bond donors (Lipinski definition) is 1. The molecule has 1 saturated heterocycles. The van der Waals surface area contributed by atoms with Crippen molar-refractivity contribution in [3.05, 3.63) is 40.1 Å². The van der Waals surface area contributed by atoms with Crippen LogP contribution in [0.4, 0.5) is 11.6 Å². The number of oxazole rings is 1. The second-order valence-corrected chi connectivity index (χ2v) is 5.85. The van der Waals surface area contributed by atoms with Gasteiger partial charge in [0.05, 0.1) is 18.1 Å². The highest BCUT2D eigenvalue weighted by molar-refractivity contribution is 5.60. The number of nitrogens with one attached hydrogen (secondary N) is 1. The van der Waals surface area contributed by atoms with Gasteiger partial charge in [0.1, 0.15) is 6.07 Å². The fourth-order valence-electron chi connectivity index (χ4n) is 2.69. The molecule has 1 aliphatic heterocycles. The molecule has 1 aliphatic rings. The Bertz CT molecular complexity index is 790. The van der Waals surface area contributed by atoms with Gasteiger partial charge in [0.2, 0.25) is 17.5 Å². The van der Waals surface area contributed by atoms with Crippen molar-refractivity contribution in [2.75, 3.05) is 44.7 Å². The number of hydrogen-bond acceptors (Lipinski definition) is 8. The van der Waals surface area contributed by atoms with Gasteiger partial charge in [0.25, 0.3) is 5.69 Å². The fourth-order valence-corrected chi connectivity index (χ4v) is 2.69. The van der Waals surface area contributed by atoms with Gasteiger partial charge in [-0.2, -0.15) is 10.2 Å². The van der Waals surface area contributed by atoms with Gasteiger partial charge in [0, 0.05) is 37.3 Å². The van der Waals surface area contributed by atoms with Crippen molar-refractivity contribution in [3.63, 3.8) is 0 Å². The standard InChI is InChI=1S/C17H19N5O4/c18-12-15-17(19-6-1-7-21-8-10-25-11-9-21)26-16(20-15)13-2-4-14(5-3-13)22(23)24/h2-5,19H,1,6-11H2. The Hall–Kier alpha value is -2.96. The number of ether oxygens (including phenoxy) is 1. The van der Waals surface area contributed by atoms with Crippen molar-refractivity contribution in [3.8, 4) is 17.5 Å². The van der Waals surface area contributed by atoms with Crippen molar-refractivity contribution >= 4 is 11.6 Å². The zero-order chi connectivity index (χ0) is 18.4. The topological polar surface area (TPSA) is 117 Å². The third-order valence-corrected chi connectivity index (χ3v) is 4.10. The molecule has 0 atom stereocenters. The first-order chi connectivity index (χ1) is 12.7. The molecule has 1 fully saturated rings. The molecule has 0 spiro atoms. The van der Waals surface area contributed by atoms with Crippen molar-refractivity contribution in [1.82, 2.24) is 9.88 Å². The van der Waals surface area contributed by atoms with E-state index in [-0.39, 0.29) is 17.3 Å². The highest BCUT2D eigenvalue weighted by Crippen LogP contribution is 2.26. The summed E-state index contributed by atoms with van der Waals surface area (Å²) in [6.07, 6.45) is 0.901. The minimum absolute atomic E-state index is 0.0118. The average molecular weight is 357 g/mol. The number of aromatic nitrogens is 1. The van der Waals surface area contributed by atoms with Gasteiger partial charge < -0.3 is 14.5 Å². The van der Waals surface area contributed by atoms with Crippen LogP contribution in [0.5, 0.6) is 0 Å². The van der Waals surface area contributed by atoms with Crippen molar-refractivity contribution in [1.29, 1.82) is 5.26 Å². The number of anilines is 1. The summed E-state index contributed by atoms with van der Waals surface area (Å²) in [5.74, 6) is 0.579. The lowest BCUT2D eigenvalue weighted by molar-refractivity contribution is -0.384. The predicted octanol–water partition coefficient (Wildman–Crippen LogP) is 2.26. The van der Waals surface area contributed by atoms with Crippen molar-refractivity contribution in [2.45, 2.75) is 6.42 Å². The second kappa shape index (κ2) is 8.42. The third-order valence-electron chi connectivity index (χ3n) is 4.10. The molecule has 26 heavy (non-hydrogen) atoms. The Morgan fingerprint density at radius 1 is 1.31 bits per heavy atom. The van der Waals surface area contributed by atoms with Crippen molar-refractivity contribution < 1.29 is 14.1 Å². The van der Waals surface area contributed by atoms with Crippen LogP contribution in [0.3, 0.4) is 0 Å². The van der Waals surface area contributed by atoms with Gasteiger partial charge in [-0.05, 0) is 25.1 Å². The maximum Gasteiger partial charge on any atom is 0.269 e. The number of non-ortho nitro benzene ring substituents is 1. The molecule has 9 heteroatoms. The Kier molecular flexibility index (Phi) is 5.78. The predicted molar refractivity (Wildman–Crippen MR) is 93.7 cm³/mol. The molecule has 0 unspecified atom stereocenters. The van der Waals surface area contributed by atoms with Gasteiger partial charge in [-0.15, -0.1) is 0 Å². The molecule has 0 radical (unpaired) electrons. The Balaban J connectivity index is 1.59. The number of nitrogens with zero attached hydrogens (tertiary/aromatic N) is 4. The first kappa shape index (κ1) is 17.8. The average Bonchev–Trinajstić information content (AvgIpc) is 3.09. The zero-order valence-electron chi connectivity index (χ0n) is 14.2. The third kappa shape index (κ3) is 4.36. The summed E-state index contributed by atoms with van der Waals surface area (Å²) in [5.41, 5.74) is 0.737. The van der Waals surface area contributed by atoms with Gasteiger partial charge in [-0.3, -0.25) is 15.0 Å². The monoisotopic (exact) mass is 357 g/mol. The van der Waals surface area contributed by atoms with E-state index in [1.54, 1.807) is 12.1 Å². The number of nitro benzene ring substituents is 1. The van der Waals surface area contributed by atoms with Gasteiger partial charge in [-0.1, -0.05) is 0 Å². The summed E-state index contributed by atoms with van der Waals surface area (Å²) in [4.78, 5) is 16.7. The molecule has 1 aromatic carbocycles. The molecule has 2 aromatic rings. The van der Waals surface area contributed by atoms with Crippen LogP contribution in [0.15, 0.2) is 28.7 Å². The van der Waals surface area contributed by atoms with Gasteiger partial charge in [0.15, 0.2) is 0 Å². The number of benzene rings is 1. The number of nitro groups is 1. The summed E-state index contributed by atoms with van der Waals surface area (Å²) in [7, 11) is 0. The quantitative estimate of drug-likeness (QED) is 0.455. The maximum atomic E-state index is 10.7. The molecular formula is C17H19N5O4. The van der Waals surface area contributed by atoms with E-state index in [9.17, 15) is 15.4 Å². The van der Waals surface area contributed by atoms with Crippen LogP contribution in [-0.4, -0.2) is 54.2 Å². The number of nitriles is 1. The maximum absolute atomic E-state index is 10.7. The second-order valence-electron chi connectivity index (χ2n) is 5.85. The molecular weight excluding hydrogens is 338 g/mol. The summed E-state index contributed by atoms with van der Waals surface area (Å²) in [6.45, 7) is 5.02. The lowest BCUT2D eigenvalue weighted by Crippen LogP contribution is -2.37. The first-order valence-corrected chi connectivity index (χ1v) is 8.37. The van der Waals surface area contributed by atoms with E-state index in [0.717, 1.165) is 39.3 Å². The summed E-state index contributed by atoms with van der Waals surface area (Å²) < 4.78 is 11.0. The normalized spacial score (nSPS) is 14.7. The molecule has 1 N–H and O–H groups in total. The number of morpholine rings is 1. The summed E-state index contributed by atoms with van der Waals surface area (Å²) in [6, 6.07) is 7.85. The largest absolute Gasteiger partial charge is 0.419 e. The van der Waals surface area contributed by atoms with E-state index in [2.05, 4.69) is 15.2 Å². The fraction of sp³-hybridized carbons (Fsp3) is 0.412. The van der Waals surface area contributed by atoms with Crippen LogP contribution >= 0.6 is 0 Å². The Labute approximate surface area is 150 Å². The van der Waals surface area contributed by atoms with Crippen LogP contribution in [0.2, 0.25) is 0 Å². The molecule has 0 amide bonds. The lowest BCUT2D eigenvalue weighted by atomic mass is 10.2. The smallest absolute Gasteiger partial charge is 0.269 e. The highest BCUT2D eigenvalue weighted by Gasteiger charge is 2.16. The molecule has 0 aliphatic carbocycles. The van der Waals surface area contributed by atoms with Gasteiger partial charge >= 0.3 is 0 Å². The Morgan fingerprint density at radius 2 is 2.04 bits per heavy atom. The van der Waals surface area contributed by atoms with E-state index in [1.165, 1.54) is 12.1 Å². The minimum atomic E-state index is -0.471. The van der Waals surface area contributed by atoms with E-state index >= 15 is 0 Å².